The van der Waals surface area contributed by atoms with Gasteiger partial charge in [0.15, 0.2) is 0 Å². The first-order chi connectivity index (χ1) is 8.75. The Kier molecular flexibility index (Phi) is 4.35. The molecule has 1 aromatic carbocycles. The van der Waals surface area contributed by atoms with Crippen LogP contribution in [0.5, 0.6) is 0 Å². The lowest BCUT2D eigenvalue weighted by Gasteiger charge is -2.06. The second-order valence-electron chi connectivity index (χ2n) is 3.61. The molecule has 0 fully saturated rings. The van der Waals surface area contributed by atoms with E-state index in [1.807, 2.05) is 30.3 Å². The SMILES string of the molecule is O=C(NCc1[nH]ncc1Br)OCc1ccccc1. The van der Waals surface area contributed by atoms with E-state index in [9.17, 15) is 4.79 Å². The molecule has 1 heterocycles. The Labute approximate surface area is 113 Å². The fourth-order valence-electron chi connectivity index (χ4n) is 1.36. The van der Waals surface area contributed by atoms with E-state index in [0.717, 1.165) is 15.7 Å². The van der Waals surface area contributed by atoms with Gasteiger partial charge in [-0.3, -0.25) is 5.10 Å². The number of alkyl carbamates (subject to hydrolysis) is 1. The van der Waals surface area contributed by atoms with Gasteiger partial charge >= 0.3 is 6.09 Å². The highest BCUT2D eigenvalue weighted by atomic mass is 79.9. The summed E-state index contributed by atoms with van der Waals surface area (Å²) in [5.74, 6) is 0. The summed E-state index contributed by atoms with van der Waals surface area (Å²) in [6.45, 7) is 0.602. The van der Waals surface area contributed by atoms with E-state index in [-0.39, 0.29) is 6.61 Å². The molecule has 1 aromatic heterocycles. The maximum Gasteiger partial charge on any atom is 0.407 e. The van der Waals surface area contributed by atoms with Crippen LogP contribution in [0.1, 0.15) is 11.3 Å². The zero-order chi connectivity index (χ0) is 12.8. The highest BCUT2D eigenvalue weighted by Crippen LogP contribution is 2.11. The van der Waals surface area contributed by atoms with Crippen molar-refractivity contribution in [3.8, 4) is 0 Å². The average Bonchev–Trinajstić information content (AvgIpc) is 2.81. The molecule has 0 bridgehead atoms. The van der Waals surface area contributed by atoms with Crippen molar-refractivity contribution >= 4 is 22.0 Å². The van der Waals surface area contributed by atoms with Crippen LogP contribution in [0.3, 0.4) is 0 Å². The first kappa shape index (κ1) is 12.6. The number of H-pyrrole nitrogens is 1. The fourth-order valence-corrected chi connectivity index (χ4v) is 1.69. The number of halogens is 1. The number of rotatable bonds is 4. The zero-order valence-corrected chi connectivity index (χ0v) is 11.1. The van der Waals surface area contributed by atoms with E-state index in [1.165, 1.54) is 0 Å². The van der Waals surface area contributed by atoms with Gasteiger partial charge in [0.05, 0.1) is 22.9 Å². The van der Waals surface area contributed by atoms with E-state index >= 15 is 0 Å². The van der Waals surface area contributed by atoms with Crippen LogP contribution in [0.25, 0.3) is 0 Å². The number of hydrogen-bond acceptors (Lipinski definition) is 3. The first-order valence-electron chi connectivity index (χ1n) is 5.38. The molecule has 0 aliphatic heterocycles. The molecular formula is C12H12BrN3O2. The molecule has 0 aliphatic rings. The molecule has 18 heavy (non-hydrogen) atoms. The number of carbonyl (C=O) groups is 1. The predicted molar refractivity (Wildman–Crippen MR) is 69.8 cm³/mol. The minimum absolute atomic E-state index is 0.261. The summed E-state index contributed by atoms with van der Waals surface area (Å²) in [5.41, 5.74) is 1.75. The van der Waals surface area contributed by atoms with E-state index in [0.29, 0.717) is 6.54 Å². The second kappa shape index (κ2) is 6.20. The molecule has 0 unspecified atom stereocenters. The predicted octanol–water partition coefficient (Wildman–Crippen LogP) is 2.60. The van der Waals surface area contributed by atoms with Crippen LogP contribution in [0.2, 0.25) is 0 Å². The van der Waals surface area contributed by atoms with Gasteiger partial charge in [0, 0.05) is 0 Å². The summed E-state index contributed by atoms with van der Waals surface area (Å²) < 4.78 is 5.89. The molecule has 0 saturated heterocycles. The Hall–Kier alpha value is -1.82. The minimum Gasteiger partial charge on any atom is -0.445 e. The molecular weight excluding hydrogens is 298 g/mol. The number of aromatic amines is 1. The molecule has 0 aliphatic carbocycles. The van der Waals surface area contributed by atoms with Crippen molar-refractivity contribution in [2.24, 2.45) is 0 Å². The molecule has 1 amide bonds. The number of ether oxygens (including phenoxy) is 1. The Morgan fingerprint density at radius 1 is 1.39 bits per heavy atom. The quantitative estimate of drug-likeness (QED) is 0.912. The number of carbonyl (C=O) groups excluding carboxylic acids is 1. The highest BCUT2D eigenvalue weighted by molar-refractivity contribution is 9.10. The van der Waals surface area contributed by atoms with Crippen molar-refractivity contribution in [2.45, 2.75) is 13.2 Å². The number of amides is 1. The van der Waals surface area contributed by atoms with Crippen LogP contribution in [0.15, 0.2) is 41.0 Å². The smallest absolute Gasteiger partial charge is 0.407 e. The van der Waals surface area contributed by atoms with Gasteiger partial charge in [-0.1, -0.05) is 30.3 Å². The first-order valence-corrected chi connectivity index (χ1v) is 6.17. The third kappa shape index (κ3) is 3.59. The molecule has 2 N–H and O–H groups in total. The van der Waals surface area contributed by atoms with E-state index in [4.69, 9.17) is 4.74 Å². The monoisotopic (exact) mass is 309 g/mol. The topological polar surface area (TPSA) is 67.0 Å². The number of benzene rings is 1. The Morgan fingerprint density at radius 2 is 2.17 bits per heavy atom. The van der Waals surface area contributed by atoms with Gasteiger partial charge in [-0.25, -0.2) is 4.79 Å². The molecule has 2 rings (SSSR count). The van der Waals surface area contributed by atoms with E-state index in [2.05, 4.69) is 31.4 Å². The van der Waals surface area contributed by atoms with Crippen LogP contribution in [0.4, 0.5) is 4.79 Å². The molecule has 5 nitrogen and oxygen atoms in total. The second-order valence-corrected chi connectivity index (χ2v) is 4.47. The summed E-state index contributed by atoms with van der Waals surface area (Å²) in [7, 11) is 0. The average molecular weight is 310 g/mol. The third-order valence-corrected chi connectivity index (χ3v) is 2.97. The Balaban J connectivity index is 1.75. The molecule has 0 radical (unpaired) electrons. The van der Waals surface area contributed by atoms with Crippen molar-refractivity contribution in [3.63, 3.8) is 0 Å². The van der Waals surface area contributed by atoms with Gasteiger partial charge in [-0.2, -0.15) is 5.10 Å². The number of nitrogens with zero attached hydrogens (tertiary/aromatic N) is 1. The van der Waals surface area contributed by atoms with Crippen molar-refractivity contribution in [1.82, 2.24) is 15.5 Å². The maximum atomic E-state index is 11.4. The summed E-state index contributed by atoms with van der Waals surface area (Å²) in [4.78, 5) is 11.4. The molecule has 94 valence electrons. The summed E-state index contributed by atoms with van der Waals surface area (Å²) in [6, 6.07) is 9.52. The van der Waals surface area contributed by atoms with Crippen LogP contribution < -0.4 is 5.32 Å². The van der Waals surface area contributed by atoms with E-state index < -0.39 is 6.09 Å². The molecule has 0 atom stereocenters. The Bertz CT molecular complexity index is 513. The molecule has 0 saturated carbocycles. The van der Waals surface area contributed by atoms with Gasteiger partial charge in [0.1, 0.15) is 6.61 Å². The van der Waals surface area contributed by atoms with Crippen LogP contribution >= 0.6 is 15.9 Å². The van der Waals surface area contributed by atoms with Crippen molar-refractivity contribution < 1.29 is 9.53 Å². The molecule has 2 aromatic rings. The van der Waals surface area contributed by atoms with Gasteiger partial charge in [0.2, 0.25) is 0 Å². The van der Waals surface area contributed by atoms with Gasteiger partial charge in [-0.05, 0) is 21.5 Å². The van der Waals surface area contributed by atoms with Gasteiger partial charge in [0.25, 0.3) is 0 Å². The normalized spacial score (nSPS) is 10.1. The number of hydrogen-bond donors (Lipinski definition) is 2. The number of aromatic nitrogens is 2. The van der Waals surface area contributed by atoms with Crippen molar-refractivity contribution in [2.75, 3.05) is 0 Å². The summed E-state index contributed by atoms with van der Waals surface area (Å²) in [6.07, 6.45) is 1.17. The van der Waals surface area contributed by atoms with Gasteiger partial charge in [-0.15, -0.1) is 0 Å². The lowest BCUT2D eigenvalue weighted by atomic mass is 10.2. The zero-order valence-electron chi connectivity index (χ0n) is 9.52. The highest BCUT2D eigenvalue weighted by Gasteiger charge is 2.05. The fraction of sp³-hybridized carbons (Fsp3) is 0.167. The lowest BCUT2D eigenvalue weighted by molar-refractivity contribution is 0.139. The van der Waals surface area contributed by atoms with Gasteiger partial charge < -0.3 is 10.1 Å². The lowest BCUT2D eigenvalue weighted by Crippen LogP contribution is -2.24. The van der Waals surface area contributed by atoms with Crippen molar-refractivity contribution in [1.29, 1.82) is 0 Å². The van der Waals surface area contributed by atoms with Crippen LogP contribution in [-0.2, 0) is 17.9 Å². The molecule has 0 spiro atoms. The minimum atomic E-state index is -0.458. The van der Waals surface area contributed by atoms with Crippen molar-refractivity contribution in [3.05, 3.63) is 52.3 Å². The van der Waals surface area contributed by atoms with E-state index in [1.54, 1.807) is 6.20 Å². The third-order valence-electron chi connectivity index (χ3n) is 2.29. The summed E-state index contributed by atoms with van der Waals surface area (Å²) in [5, 5.41) is 9.23. The van der Waals surface area contributed by atoms with Crippen LogP contribution in [0, 0.1) is 0 Å². The Morgan fingerprint density at radius 3 is 2.83 bits per heavy atom. The van der Waals surface area contributed by atoms with Crippen LogP contribution in [-0.4, -0.2) is 16.3 Å². The molecule has 6 heteroatoms. The maximum absolute atomic E-state index is 11.4. The number of nitrogens with one attached hydrogen (secondary N) is 2. The summed E-state index contributed by atoms with van der Waals surface area (Å²) >= 11 is 3.31. The standard InChI is InChI=1S/C12H12BrN3O2/c13-10-6-15-16-11(10)7-14-12(17)18-8-9-4-2-1-3-5-9/h1-6H,7-8H2,(H,14,17)(H,15,16). The largest absolute Gasteiger partial charge is 0.445 e.